The maximum atomic E-state index is 12.4. The van der Waals surface area contributed by atoms with Gasteiger partial charge in [0.1, 0.15) is 12.4 Å². The third-order valence-electron chi connectivity index (χ3n) is 3.48. The van der Waals surface area contributed by atoms with Crippen molar-refractivity contribution in [1.29, 1.82) is 0 Å². The van der Waals surface area contributed by atoms with E-state index >= 15 is 0 Å². The van der Waals surface area contributed by atoms with E-state index in [2.05, 4.69) is 10.3 Å². The van der Waals surface area contributed by atoms with Crippen molar-refractivity contribution in [3.8, 4) is 0 Å². The van der Waals surface area contributed by atoms with Crippen LogP contribution in [0.25, 0.3) is 0 Å². The number of urea groups is 1. The maximum absolute atomic E-state index is 12.4. The van der Waals surface area contributed by atoms with Crippen molar-refractivity contribution >= 4 is 35.0 Å². The van der Waals surface area contributed by atoms with Gasteiger partial charge in [0, 0.05) is 30.0 Å². The van der Waals surface area contributed by atoms with Gasteiger partial charge in [0.15, 0.2) is 0 Å². The highest BCUT2D eigenvalue weighted by Gasteiger charge is 2.30. The van der Waals surface area contributed by atoms with Crippen molar-refractivity contribution in [2.75, 3.05) is 29.9 Å². The second kappa shape index (κ2) is 6.66. The topological polar surface area (TPSA) is 65.5 Å². The molecule has 3 rings (SSSR count). The summed E-state index contributed by atoms with van der Waals surface area (Å²) in [6.45, 7) is 1.00. The summed E-state index contributed by atoms with van der Waals surface area (Å²) in [6.07, 6.45) is 1.59. The summed E-state index contributed by atoms with van der Waals surface area (Å²) < 4.78 is 0. The van der Waals surface area contributed by atoms with Crippen molar-refractivity contribution in [2.45, 2.75) is 0 Å². The van der Waals surface area contributed by atoms with Gasteiger partial charge in [0.2, 0.25) is 5.91 Å². The number of benzene rings is 1. The summed E-state index contributed by atoms with van der Waals surface area (Å²) in [5, 5.41) is 3.24. The molecule has 6 nitrogen and oxygen atoms in total. The van der Waals surface area contributed by atoms with Crippen LogP contribution in [0.1, 0.15) is 0 Å². The number of hydrogen-bond donors (Lipinski definition) is 1. The molecule has 3 amide bonds. The fraction of sp³-hybridized carbons (Fsp3) is 0.188. The molecule has 0 aliphatic carbocycles. The first-order chi connectivity index (χ1) is 11.1. The number of aromatic nitrogens is 1. The van der Waals surface area contributed by atoms with Crippen LogP contribution in [0, 0.1) is 0 Å². The smallest absolute Gasteiger partial charge is 0.313 e. The predicted molar refractivity (Wildman–Crippen MR) is 88.6 cm³/mol. The van der Waals surface area contributed by atoms with Gasteiger partial charge in [-0.15, -0.1) is 0 Å². The molecule has 0 atom stereocenters. The minimum atomic E-state index is -0.273. The number of carbonyl (C=O) groups excluding carboxylic acids is 2. The molecule has 0 bridgehead atoms. The maximum Gasteiger partial charge on any atom is 0.325 e. The summed E-state index contributed by atoms with van der Waals surface area (Å²) >= 11 is 5.96. The first-order valence-electron chi connectivity index (χ1n) is 7.16. The quantitative estimate of drug-likeness (QED) is 0.937. The zero-order chi connectivity index (χ0) is 16.2. The van der Waals surface area contributed by atoms with Crippen molar-refractivity contribution in [1.82, 2.24) is 9.88 Å². The van der Waals surface area contributed by atoms with Crippen LogP contribution in [0.2, 0.25) is 5.02 Å². The van der Waals surface area contributed by atoms with Crippen LogP contribution in [0.3, 0.4) is 0 Å². The number of rotatable bonds is 4. The van der Waals surface area contributed by atoms with Crippen molar-refractivity contribution in [2.24, 2.45) is 0 Å². The minimum Gasteiger partial charge on any atom is -0.313 e. The number of nitrogens with zero attached hydrogens (tertiary/aromatic N) is 3. The van der Waals surface area contributed by atoms with Gasteiger partial charge in [-0.05, 0) is 30.3 Å². The number of amides is 3. The Morgan fingerprint density at radius 3 is 2.83 bits per heavy atom. The number of carbonyl (C=O) groups is 2. The zero-order valence-corrected chi connectivity index (χ0v) is 13.0. The first kappa shape index (κ1) is 15.3. The van der Waals surface area contributed by atoms with Gasteiger partial charge in [-0.25, -0.2) is 9.78 Å². The van der Waals surface area contributed by atoms with Gasteiger partial charge in [-0.2, -0.15) is 0 Å². The molecule has 1 fully saturated rings. The van der Waals surface area contributed by atoms with E-state index in [1.54, 1.807) is 47.5 Å². The summed E-state index contributed by atoms with van der Waals surface area (Å²) in [5.74, 6) is 0.195. The monoisotopic (exact) mass is 330 g/mol. The molecule has 1 aliphatic heterocycles. The van der Waals surface area contributed by atoms with Crippen LogP contribution in [-0.4, -0.2) is 41.5 Å². The molecule has 1 N–H and O–H groups in total. The highest BCUT2D eigenvalue weighted by Crippen LogP contribution is 2.23. The van der Waals surface area contributed by atoms with Crippen LogP contribution < -0.4 is 10.2 Å². The van der Waals surface area contributed by atoms with Crippen LogP contribution >= 0.6 is 11.6 Å². The van der Waals surface area contributed by atoms with E-state index in [9.17, 15) is 9.59 Å². The van der Waals surface area contributed by atoms with E-state index in [-0.39, 0.29) is 18.5 Å². The van der Waals surface area contributed by atoms with E-state index in [4.69, 9.17) is 11.6 Å². The molecule has 0 spiro atoms. The molecule has 1 saturated heterocycles. The molecular weight excluding hydrogens is 316 g/mol. The molecule has 23 heavy (non-hydrogen) atoms. The summed E-state index contributed by atoms with van der Waals surface area (Å²) in [4.78, 5) is 31.6. The van der Waals surface area contributed by atoms with E-state index in [1.807, 2.05) is 6.07 Å². The lowest BCUT2D eigenvalue weighted by Gasteiger charge is -2.18. The van der Waals surface area contributed by atoms with Crippen molar-refractivity contribution in [3.05, 3.63) is 53.7 Å². The standard InChI is InChI=1S/C16H15ClN4O2/c17-12-4-3-5-13(10-12)21-9-8-20(16(21)23)11-15(22)19-14-6-1-2-7-18-14/h1-7,10H,8-9,11H2,(H,18,19,22). The Bertz CT molecular complexity index is 723. The van der Waals surface area contributed by atoms with Gasteiger partial charge >= 0.3 is 6.03 Å². The fourth-order valence-electron chi connectivity index (χ4n) is 2.41. The molecule has 7 heteroatoms. The normalized spacial score (nSPS) is 14.2. The van der Waals surface area contributed by atoms with Crippen molar-refractivity contribution < 1.29 is 9.59 Å². The lowest BCUT2D eigenvalue weighted by atomic mass is 10.3. The van der Waals surface area contributed by atoms with Crippen LogP contribution in [0.5, 0.6) is 0 Å². The number of halogens is 1. The second-order valence-corrected chi connectivity index (χ2v) is 5.54. The molecular formula is C16H15ClN4O2. The molecule has 0 saturated carbocycles. The van der Waals surface area contributed by atoms with Crippen molar-refractivity contribution in [3.63, 3.8) is 0 Å². The second-order valence-electron chi connectivity index (χ2n) is 5.10. The van der Waals surface area contributed by atoms with Crippen LogP contribution in [0.15, 0.2) is 48.7 Å². The summed E-state index contributed by atoms with van der Waals surface area (Å²) in [5.41, 5.74) is 0.732. The third kappa shape index (κ3) is 3.60. The molecule has 2 aromatic rings. The lowest BCUT2D eigenvalue weighted by Crippen LogP contribution is -2.37. The molecule has 118 valence electrons. The Kier molecular flexibility index (Phi) is 4.43. The lowest BCUT2D eigenvalue weighted by molar-refractivity contribution is -0.116. The molecule has 1 aromatic carbocycles. The third-order valence-corrected chi connectivity index (χ3v) is 3.72. The Morgan fingerprint density at radius 1 is 1.22 bits per heavy atom. The van der Waals surface area contributed by atoms with E-state index in [0.29, 0.717) is 23.9 Å². The van der Waals surface area contributed by atoms with Gasteiger partial charge in [-0.3, -0.25) is 9.69 Å². The van der Waals surface area contributed by atoms with Gasteiger partial charge < -0.3 is 10.2 Å². The molecule has 2 heterocycles. The SMILES string of the molecule is O=C(CN1CCN(c2cccc(Cl)c2)C1=O)Nc1ccccn1. The molecule has 1 aromatic heterocycles. The fourth-order valence-corrected chi connectivity index (χ4v) is 2.59. The summed E-state index contributed by atoms with van der Waals surface area (Å²) in [7, 11) is 0. The highest BCUT2D eigenvalue weighted by molar-refractivity contribution is 6.30. The molecule has 1 aliphatic rings. The first-order valence-corrected chi connectivity index (χ1v) is 7.54. The number of anilines is 2. The summed E-state index contributed by atoms with van der Waals surface area (Å²) in [6, 6.07) is 12.1. The molecule has 0 radical (unpaired) electrons. The number of pyridine rings is 1. The molecule has 0 unspecified atom stereocenters. The largest absolute Gasteiger partial charge is 0.325 e. The Hall–Kier alpha value is -2.60. The van der Waals surface area contributed by atoms with E-state index < -0.39 is 0 Å². The van der Waals surface area contributed by atoms with Crippen LogP contribution in [0.4, 0.5) is 16.3 Å². The van der Waals surface area contributed by atoms with E-state index in [0.717, 1.165) is 5.69 Å². The minimum absolute atomic E-state index is 0.00747. The van der Waals surface area contributed by atoms with E-state index in [1.165, 1.54) is 4.90 Å². The Balaban J connectivity index is 1.62. The highest BCUT2D eigenvalue weighted by atomic mass is 35.5. The zero-order valence-electron chi connectivity index (χ0n) is 12.3. The van der Waals surface area contributed by atoms with Crippen LogP contribution in [-0.2, 0) is 4.79 Å². The Labute approximate surface area is 138 Å². The van der Waals surface area contributed by atoms with Gasteiger partial charge in [0.05, 0.1) is 0 Å². The Morgan fingerprint density at radius 2 is 2.09 bits per heavy atom. The average molecular weight is 331 g/mol. The average Bonchev–Trinajstić information content (AvgIpc) is 2.89. The van der Waals surface area contributed by atoms with Gasteiger partial charge in [0.25, 0.3) is 0 Å². The predicted octanol–water partition coefficient (Wildman–Crippen LogP) is 2.62. The van der Waals surface area contributed by atoms with Gasteiger partial charge in [-0.1, -0.05) is 23.7 Å². The number of hydrogen-bond acceptors (Lipinski definition) is 3. The number of nitrogens with one attached hydrogen (secondary N) is 1.